The maximum absolute atomic E-state index is 10.8. The first-order valence-electron chi connectivity index (χ1n) is 8.21. The molecular formula is C17H26N2O4. The Labute approximate surface area is 137 Å². The molecule has 0 saturated carbocycles. The Morgan fingerprint density at radius 3 is 2.61 bits per heavy atom. The molecule has 2 rings (SSSR count). The summed E-state index contributed by atoms with van der Waals surface area (Å²) in [5.74, 6) is 0.696. The van der Waals surface area contributed by atoms with Gasteiger partial charge in [0.05, 0.1) is 23.7 Å². The molecule has 0 amide bonds. The molecule has 6 heteroatoms. The molecule has 0 aliphatic carbocycles. The maximum atomic E-state index is 10.8. The van der Waals surface area contributed by atoms with Crippen LogP contribution in [0, 0.1) is 17.0 Å². The van der Waals surface area contributed by atoms with Gasteiger partial charge in [0.15, 0.2) is 0 Å². The number of hydrogen-bond acceptors (Lipinski definition) is 5. The van der Waals surface area contributed by atoms with Crippen molar-refractivity contribution in [2.75, 3.05) is 26.2 Å². The number of nitro benzene ring substituents is 1. The van der Waals surface area contributed by atoms with Crippen molar-refractivity contribution in [1.29, 1.82) is 0 Å². The zero-order valence-electron chi connectivity index (χ0n) is 14.2. The second-order valence-electron chi connectivity index (χ2n) is 6.28. The van der Waals surface area contributed by atoms with Gasteiger partial charge in [0, 0.05) is 24.7 Å². The number of aryl methyl sites for hydroxylation is 1. The summed E-state index contributed by atoms with van der Waals surface area (Å²) in [5, 5.41) is 10.8. The van der Waals surface area contributed by atoms with E-state index >= 15 is 0 Å². The molecule has 1 aliphatic heterocycles. The van der Waals surface area contributed by atoms with Gasteiger partial charge in [-0.25, -0.2) is 0 Å². The molecule has 2 atom stereocenters. The van der Waals surface area contributed by atoms with Crippen LogP contribution in [0.3, 0.4) is 0 Å². The van der Waals surface area contributed by atoms with Crippen LogP contribution >= 0.6 is 0 Å². The van der Waals surface area contributed by atoms with Crippen LogP contribution in [0.4, 0.5) is 5.69 Å². The van der Waals surface area contributed by atoms with Crippen LogP contribution < -0.4 is 4.74 Å². The van der Waals surface area contributed by atoms with Crippen molar-refractivity contribution in [3.63, 3.8) is 0 Å². The van der Waals surface area contributed by atoms with Gasteiger partial charge in [0.2, 0.25) is 0 Å². The highest BCUT2D eigenvalue weighted by molar-refractivity contribution is 5.44. The van der Waals surface area contributed by atoms with Crippen molar-refractivity contribution in [1.82, 2.24) is 4.90 Å². The molecule has 1 heterocycles. The van der Waals surface area contributed by atoms with E-state index in [1.54, 1.807) is 19.1 Å². The Hall–Kier alpha value is -1.66. The lowest BCUT2D eigenvalue weighted by molar-refractivity contribution is -0.385. The topological polar surface area (TPSA) is 64.8 Å². The lowest BCUT2D eigenvalue weighted by Crippen LogP contribution is -2.45. The van der Waals surface area contributed by atoms with Gasteiger partial charge < -0.3 is 9.47 Å². The molecular weight excluding hydrogens is 296 g/mol. The Morgan fingerprint density at radius 1 is 1.30 bits per heavy atom. The van der Waals surface area contributed by atoms with Gasteiger partial charge in [-0.2, -0.15) is 0 Å². The first-order valence-corrected chi connectivity index (χ1v) is 8.21. The molecule has 1 fully saturated rings. The number of morpholine rings is 1. The third-order valence-electron chi connectivity index (χ3n) is 4.00. The Kier molecular flexibility index (Phi) is 6.36. The number of nitrogens with zero attached hydrogens (tertiary/aromatic N) is 2. The third kappa shape index (κ3) is 5.48. The average molecular weight is 322 g/mol. The number of unbranched alkanes of at least 4 members (excludes halogenated alkanes) is 1. The minimum absolute atomic E-state index is 0.132. The molecule has 1 aliphatic rings. The molecule has 0 radical (unpaired) electrons. The van der Waals surface area contributed by atoms with Crippen molar-refractivity contribution in [2.24, 2.45) is 0 Å². The quantitative estimate of drug-likeness (QED) is 0.438. The first-order chi connectivity index (χ1) is 11.0. The smallest absolute Gasteiger partial charge is 0.272 e. The van der Waals surface area contributed by atoms with Crippen molar-refractivity contribution in [2.45, 2.75) is 45.8 Å². The fraction of sp³-hybridized carbons (Fsp3) is 0.647. The second-order valence-corrected chi connectivity index (χ2v) is 6.28. The summed E-state index contributed by atoms with van der Waals surface area (Å²) >= 11 is 0. The summed E-state index contributed by atoms with van der Waals surface area (Å²) in [5.41, 5.74) is 0.761. The number of nitro groups is 1. The zero-order valence-corrected chi connectivity index (χ0v) is 14.2. The van der Waals surface area contributed by atoms with Crippen molar-refractivity contribution >= 4 is 5.69 Å². The van der Waals surface area contributed by atoms with E-state index in [9.17, 15) is 10.1 Å². The Morgan fingerprint density at radius 2 is 2.00 bits per heavy atom. The third-order valence-corrected chi connectivity index (χ3v) is 4.00. The predicted octanol–water partition coefficient (Wildman–Crippen LogP) is 3.17. The van der Waals surface area contributed by atoms with E-state index in [1.165, 1.54) is 6.07 Å². The van der Waals surface area contributed by atoms with Crippen LogP contribution in [-0.4, -0.2) is 48.3 Å². The van der Waals surface area contributed by atoms with Crippen LogP contribution in [0.5, 0.6) is 5.75 Å². The SMILES string of the molecule is Cc1cc(OCCCCN2CC(C)OC(C)C2)ccc1[N+](=O)[O-]. The van der Waals surface area contributed by atoms with Crippen LogP contribution in [0.15, 0.2) is 18.2 Å². The van der Waals surface area contributed by atoms with Gasteiger partial charge >= 0.3 is 0 Å². The average Bonchev–Trinajstić information content (AvgIpc) is 2.45. The fourth-order valence-corrected chi connectivity index (χ4v) is 3.02. The number of rotatable bonds is 7. The molecule has 0 aromatic heterocycles. The molecule has 23 heavy (non-hydrogen) atoms. The summed E-state index contributed by atoms with van der Waals surface area (Å²) in [7, 11) is 0. The van der Waals surface area contributed by atoms with Crippen LogP contribution in [0.25, 0.3) is 0 Å². The molecule has 0 spiro atoms. The van der Waals surface area contributed by atoms with Crippen molar-refractivity contribution < 1.29 is 14.4 Å². The monoisotopic (exact) mass is 322 g/mol. The normalized spacial score (nSPS) is 22.0. The number of benzene rings is 1. The van der Waals surface area contributed by atoms with Gasteiger partial charge in [0.25, 0.3) is 5.69 Å². The fourth-order valence-electron chi connectivity index (χ4n) is 3.02. The molecule has 0 bridgehead atoms. The first kappa shape index (κ1) is 17.7. The Balaban J connectivity index is 1.67. The van der Waals surface area contributed by atoms with Crippen LogP contribution in [-0.2, 0) is 4.74 Å². The summed E-state index contributed by atoms with van der Waals surface area (Å²) in [6, 6.07) is 4.89. The van der Waals surface area contributed by atoms with Crippen LogP contribution in [0.2, 0.25) is 0 Å². The van der Waals surface area contributed by atoms with E-state index in [0.29, 0.717) is 30.1 Å². The summed E-state index contributed by atoms with van der Waals surface area (Å²) in [6.07, 6.45) is 2.65. The predicted molar refractivity (Wildman–Crippen MR) is 89.0 cm³/mol. The minimum Gasteiger partial charge on any atom is -0.494 e. The summed E-state index contributed by atoms with van der Waals surface area (Å²) in [4.78, 5) is 12.8. The summed E-state index contributed by atoms with van der Waals surface area (Å²) < 4.78 is 11.4. The van der Waals surface area contributed by atoms with Gasteiger partial charge in [-0.05, 0) is 52.3 Å². The molecule has 1 aromatic carbocycles. The van der Waals surface area contributed by atoms with E-state index < -0.39 is 0 Å². The van der Waals surface area contributed by atoms with Crippen molar-refractivity contribution in [3.8, 4) is 5.75 Å². The number of ether oxygens (including phenoxy) is 2. The maximum Gasteiger partial charge on any atom is 0.272 e. The second kappa shape index (κ2) is 8.26. The molecule has 1 saturated heterocycles. The molecule has 0 N–H and O–H groups in total. The molecule has 2 unspecified atom stereocenters. The van der Waals surface area contributed by atoms with Crippen LogP contribution in [0.1, 0.15) is 32.3 Å². The van der Waals surface area contributed by atoms with Gasteiger partial charge in [0.1, 0.15) is 5.75 Å². The van der Waals surface area contributed by atoms with E-state index in [0.717, 1.165) is 32.5 Å². The Bertz CT molecular complexity index is 525. The lowest BCUT2D eigenvalue weighted by Gasteiger charge is -2.35. The molecule has 1 aromatic rings. The van der Waals surface area contributed by atoms with E-state index in [4.69, 9.17) is 9.47 Å². The largest absolute Gasteiger partial charge is 0.494 e. The lowest BCUT2D eigenvalue weighted by atomic mass is 10.2. The van der Waals surface area contributed by atoms with Crippen molar-refractivity contribution in [3.05, 3.63) is 33.9 Å². The van der Waals surface area contributed by atoms with E-state index in [2.05, 4.69) is 18.7 Å². The van der Waals surface area contributed by atoms with Gasteiger partial charge in [-0.15, -0.1) is 0 Å². The highest BCUT2D eigenvalue weighted by Gasteiger charge is 2.21. The van der Waals surface area contributed by atoms with E-state index in [-0.39, 0.29) is 10.6 Å². The highest BCUT2D eigenvalue weighted by atomic mass is 16.6. The molecule has 128 valence electrons. The molecule has 6 nitrogen and oxygen atoms in total. The highest BCUT2D eigenvalue weighted by Crippen LogP contribution is 2.23. The van der Waals surface area contributed by atoms with Gasteiger partial charge in [-0.1, -0.05) is 0 Å². The summed E-state index contributed by atoms with van der Waals surface area (Å²) in [6.45, 7) is 9.63. The zero-order chi connectivity index (χ0) is 16.8. The van der Waals surface area contributed by atoms with E-state index in [1.807, 2.05) is 0 Å². The number of hydrogen-bond donors (Lipinski definition) is 0. The minimum atomic E-state index is -0.372. The van der Waals surface area contributed by atoms with Gasteiger partial charge in [-0.3, -0.25) is 15.0 Å². The standard InChI is InChI=1S/C17H26N2O4/c1-13-10-16(6-7-17(13)19(20)21)22-9-5-4-8-18-11-14(2)23-15(3)12-18/h6-7,10,14-15H,4-5,8-9,11-12H2,1-3H3.